The highest BCUT2D eigenvalue weighted by molar-refractivity contribution is 5.49. The third-order valence-corrected chi connectivity index (χ3v) is 3.62. The van der Waals surface area contributed by atoms with Crippen LogP contribution in [0, 0.1) is 0 Å². The average molecular weight is 269 g/mol. The van der Waals surface area contributed by atoms with Gasteiger partial charge < -0.3 is 0 Å². The summed E-state index contributed by atoms with van der Waals surface area (Å²) in [6, 6.07) is 12.4. The van der Waals surface area contributed by atoms with Gasteiger partial charge in [0.15, 0.2) is 6.20 Å². The molecule has 0 fully saturated rings. The van der Waals surface area contributed by atoms with Gasteiger partial charge >= 0.3 is 0 Å². The molecule has 2 heteroatoms. The predicted octanol–water partition coefficient (Wildman–Crippen LogP) is 4.40. The van der Waals surface area contributed by atoms with Gasteiger partial charge in [0, 0.05) is 24.8 Å². The Labute approximate surface area is 122 Å². The van der Waals surface area contributed by atoms with Crippen LogP contribution in [-0.2, 0) is 6.54 Å². The summed E-state index contributed by atoms with van der Waals surface area (Å²) in [5.74, 6) is 0. The summed E-state index contributed by atoms with van der Waals surface area (Å²) in [5, 5.41) is 0. The number of aromatic nitrogens is 2. The van der Waals surface area contributed by atoms with Gasteiger partial charge in [-0.1, -0.05) is 38.7 Å². The zero-order chi connectivity index (χ0) is 14.0. The molecule has 0 atom stereocenters. The van der Waals surface area contributed by atoms with Crippen molar-refractivity contribution in [2.24, 2.45) is 0 Å². The van der Waals surface area contributed by atoms with Gasteiger partial charge in [-0.15, -0.1) is 0 Å². The van der Waals surface area contributed by atoms with E-state index in [9.17, 15) is 0 Å². The number of rotatable bonds is 8. The van der Waals surface area contributed by atoms with Crippen molar-refractivity contribution < 1.29 is 4.57 Å². The Balaban J connectivity index is 1.92. The Hall–Kier alpha value is -1.70. The third-order valence-electron chi connectivity index (χ3n) is 3.62. The molecule has 106 valence electrons. The van der Waals surface area contributed by atoms with Gasteiger partial charge in [-0.05, 0) is 24.6 Å². The zero-order valence-corrected chi connectivity index (χ0v) is 12.5. The molecule has 0 amide bonds. The molecule has 0 aliphatic carbocycles. The Bertz CT molecular complexity index is 494. The van der Waals surface area contributed by atoms with Crippen LogP contribution in [0.15, 0.2) is 48.8 Å². The molecule has 2 aromatic heterocycles. The van der Waals surface area contributed by atoms with Crippen LogP contribution >= 0.6 is 0 Å². The van der Waals surface area contributed by atoms with E-state index in [4.69, 9.17) is 0 Å². The van der Waals surface area contributed by atoms with Crippen LogP contribution in [-0.4, -0.2) is 4.98 Å². The van der Waals surface area contributed by atoms with Crippen molar-refractivity contribution in [1.82, 2.24) is 4.98 Å². The van der Waals surface area contributed by atoms with Crippen molar-refractivity contribution in [3.8, 4) is 11.4 Å². The first-order valence-electron chi connectivity index (χ1n) is 7.81. The number of unbranched alkanes of at least 4 members (excludes halogenated alkanes) is 5. The summed E-state index contributed by atoms with van der Waals surface area (Å²) in [4.78, 5) is 4.46. The van der Waals surface area contributed by atoms with E-state index in [0.717, 1.165) is 12.2 Å². The van der Waals surface area contributed by atoms with E-state index in [1.807, 2.05) is 18.3 Å². The minimum absolute atomic E-state index is 1.05. The highest BCUT2D eigenvalue weighted by Crippen LogP contribution is 2.11. The average Bonchev–Trinajstić information content (AvgIpc) is 2.52. The van der Waals surface area contributed by atoms with Gasteiger partial charge in [-0.2, -0.15) is 4.57 Å². The van der Waals surface area contributed by atoms with Gasteiger partial charge in [0.2, 0.25) is 5.69 Å². The Morgan fingerprint density at radius 1 is 0.900 bits per heavy atom. The normalized spacial score (nSPS) is 10.7. The van der Waals surface area contributed by atoms with Gasteiger partial charge in [0.05, 0.1) is 0 Å². The van der Waals surface area contributed by atoms with Crippen LogP contribution < -0.4 is 4.57 Å². The lowest BCUT2D eigenvalue weighted by Gasteiger charge is -2.03. The first-order chi connectivity index (χ1) is 9.92. The topological polar surface area (TPSA) is 16.8 Å². The molecule has 0 spiro atoms. The Morgan fingerprint density at radius 2 is 1.70 bits per heavy atom. The largest absolute Gasteiger partial charge is 0.250 e. The van der Waals surface area contributed by atoms with Crippen molar-refractivity contribution in [2.45, 2.75) is 52.0 Å². The molecule has 0 saturated heterocycles. The zero-order valence-electron chi connectivity index (χ0n) is 12.5. The second-order valence-corrected chi connectivity index (χ2v) is 5.26. The molecule has 0 aliphatic heterocycles. The number of aryl methyl sites for hydroxylation is 1. The standard InChI is InChI=1S/C18H25N2/c1-2-3-4-5-6-10-15-20-16-11-8-13-18(20)17-12-7-9-14-19-17/h7-9,11-14,16H,2-6,10,15H2,1H3/q+1. The maximum absolute atomic E-state index is 4.46. The molecule has 2 heterocycles. The number of nitrogens with zero attached hydrogens (tertiary/aromatic N) is 2. The monoisotopic (exact) mass is 269 g/mol. The third kappa shape index (κ3) is 4.44. The molecule has 0 aliphatic rings. The summed E-state index contributed by atoms with van der Waals surface area (Å²) < 4.78 is 2.32. The molecule has 2 nitrogen and oxygen atoms in total. The quantitative estimate of drug-likeness (QED) is 0.513. The van der Waals surface area contributed by atoms with Crippen LogP contribution in [0.4, 0.5) is 0 Å². The number of hydrogen-bond donors (Lipinski definition) is 0. The highest BCUT2D eigenvalue weighted by Gasteiger charge is 2.12. The molecule has 20 heavy (non-hydrogen) atoms. The van der Waals surface area contributed by atoms with Crippen molar-refractivity contribution >= 4 is 0 Å². The summed E-state index contributed by atoms with van der Waals surface area (Å²) in [6.07, 6.45) is 12.0. The van der Waals surface area contributed by atoms with Gasteiger partial charge in [-0.3, -0.25) is 0 Å². The lowest BCUT2D eigenvalue weighted by atomic mass is 10.1. The molecule has 0 unspecified atom stereocenters. The van der Waals surface area contributed by atoms with Crippen LogP contribution in [0.25, 0.3) is 11.4 Å². The molecule has 0 saturated carbocycles. The molecular formula is C18H25N2+. The van der Waals surface area contributed by atoms with E-state index in [1.54, 1.807) is 0 Å². The number of hydrogen-bond acceptors (Lipinski definition) is 1. The Morgan fingerprint density at radius 3 is 2.50 bits per heavy atom. The van der Waals surface area contributed by atoms with Gasteiger partial charge in [-0.25, -0.2) is 4.98 Å². The fourth-order valence-electron chi connectivity index (χ4n) is 2.48. The molecule has 2 rings (SSSR count). The summed E-state index contributed by atoms with van der Waals surface area (Å²) in [7, 11) is 0. The van der Waals surface area contributed by atoms with Crippen molar-refractivity contribution in [3.05, 3.63) is 48.8 Å². The first kappa shape index (κ1) is 14.7. The number of pyridine rings is 2. The predicted molar refractivity (Wildman–Crippen MR) is 83.2 cm³/mol. The fraction of sp³-hybridized carbons (Fsp3) is 0.444. The Kier molecular flexibility index (Phi) is 6.22. The van der Waals surface area contributed by atoms with E-state index in [-0.39, 0.29) is 0 Å². The second-order valence-electron chi connectivity index (χ2n) is 5.26. The summed E-state index contributed by atoms with van der Waals surface area (Å²) in [5.41, 5.74) is 2.26. The SMILES string of the molecule is CCCCCCCC[n+]1ccccc1-c1ccccn1. The van der Waals surface area contributed by atoms with Crippen LogP contribution in [0.3, 0.4) is 0 Å². The highest BCUT2D eigenvalue weighted by atomic mass is 15.0. The molecule has 0 N–H and O–H groups in total. The van der Waals surface area contributed by atoms with Crippen LogP contribution in [0.1, 0.15) is 45.4 Å². The lowest BCUT2D eigenvalue weighted by Crippen LogP contribution is -2.35. The minimum Gasteiger partial charge on any atom is -0.250 e. The van der Waals surface area contributed by atoms with Gasteiger partial charge in [0.1, 0.15) is 12.2 Å². The molecule has 0 aromatic carbocycles. The van der Waals surface area contributed by atoms with Crippen molar-refractivity contribution in [2.75, 3.05) is 0 Å². The minimum atomic E-state index is 1.05. The van der Waals surface area contributed by atoms with E-state index >= 15 is 0 Å². The molecular weight excluding hydrogens is 244 g/mol. The molecule has 0 bridgehead atoms. The van der Waals surface area contributed by atoms with Crippen molar-refractivity contribution in [3.63, 3.8) is 0 Å². The van der Waals surface area contributed by atoms with Crippen LogP contribution in [0.2, 0.25) is 0 Å². The maximum atomic E-state index is 4.46. The van der Waals surface area contributed by atoms with E-state index in [1.165, 1.54) is 44.2 Å². The molecule has 2 aromatic rings. The summed E-state index contributed by atoms with van der Waals surface area (Å²) in [6.45, 7) is 3.35. The lowest BCUT2D eigenvalue weighted by molar-refractivity contribution is -0.686. The van der Waals surface area contributed by atoms with Crippen LogP contribution in [0.5, 0.6) is 0 Å². The van der Waals surface area contributed by atoms with Crippen molar-refractivity contribution in [1.29, 1.82) is 0 Å². The first-order valence-corrected chi connectivity index (χ1v) is 7.81. The smallest absolute Gasteiger partial charge is 0.231 e. The second kappa shape index (κ2) is 8.47. The van der Waals surface area contributed by atoms with E-state index in [2.05, 4.69) is 46.9 Å². The van der Waals surface area contributed by atoms with E-state index < -0.39 is 0 Å². The fourth-order valence-corrected chi connectivity index (χ4v) is 2.48. The maximum Gasteiger partial charge on any atom is 0.231 e. The summed E-state index contributed by atoms with van der Waals surface area (Å²) >= 11 is 0. The molecule has 0 radical (unpaired) electrons. The van der Waals surface area contributed by atoms with E-state index in [0.29, 0.717) is 0 Å². The van der Waals surface area contributed by atoms with Gasteiger partial charge in [0.25, 0.3) is 0 Å².